The zero-order valence-corrected chi connectivity index (χ0v) is 10.7. The van der Waals surface area contributed by atoms with Crippen molar-refractivity contribution >= 4 is 10.0 Å². The van der Waals surface area contributed by atoms with Crippen LogP contribution in [0.5, 0.6) is 0 Å². The molecule has 0 aliphatic heterocycles. The quantitative estimate of drug-likeness (QED) is 0.748. The zero-order valence-electron chi connectivity index (χ0n) is 9.93. The molecule has 0 aliphatic rings. The molecule has 0 bridgehead atoms. The summed E-state index contributed by atoms with van der Waals surface area (Å²) in [7, 11) is -3.57. The molecule has 0 atom stereocenters. The Kier molecular flexibility index (Phi) is 4.92. The third-order valence-electron chi connectivity index (χ3n) is 2.24. The third-order valence-corrected chi connectivity index (χ3v) is 3.98. The van der Waals surface area contributed by atoms with Crippen molar-refractivity contribution in [3.63, 3.8) is 0 Å². The number of rotatable bonds is 7. The van der Waals surface area contributed by atoms with E-state index >= 15 is 0 Å². The molecular weight excluding hydrogens is 240 g/mol. The van der Waals surface area contributed by atoms with Gasteiger partial charge in [0.25, 0.3) is 10.0 Å². The van der Waals surface area contributed by atoms with Crippen LogP contribution < -0.4 is 5.73 Å². The lowest BCUT2D eigenvalue weighted by Crippen LogP contribution is -2.31. The molecule has 0 saturated heterocycles. The fourth-order valence-corrected chi connectivity index (χ4v) is 2.87. The molecule has 1 heterocycles. The average molecular weight is 258 g/mol. The molecule has 0 aromatic carbocycles. The first-order valence-corrected chi connectivity index (χ1v) is 6.90. The van der Waals surface area contributed by atoms with Gasteiger partial charge in [-0.3, -0.25) is 0 Å². The maximum Gasteiger partial charge on any atom is 0.276 e. The predicted octanol–water partition coefficient (Wildman–Crippen LogP) is 1.33. The Morgan fingerprint density at radius 3 is 2.71 bits per heavy atom. The monoisotopic (exact) mass is 258 g/mol. The second kappa shape index (κ2) is 6.00. The molecule has 0 amide bonds. The van der Waals surface area contributed by atoms with E-state index in [1.807, 2.05) is 6.92 Å². The predicted molar refractivity (Wildman–Crippen MR) is 65.8 cm³/mol. The van der Waals surface area contributed by atoms with Crippen molar-refractivity contribution in [3.05, 3.63) is 30.5 Å². The summed E-state index contributed by atoms with van der Waals surface area (Å²) >= 11 is 0. The largest absolute Gasteiger partial charge is 0.447 e. The number of furan rings is 1. The molecule has 1 aromatic heterocycles. The number of sulfonamides is 1. The molecule has 5 nitrogen and oxygen atoms in total. The van der Waals surface area contributed by atoms with Crippen LogP contribution in [-0.4, -0.2) is 25.8 Å². The van der Waals surface area contributed by atoms with Gasteiger partial charge in [-0.1, -0.05) is 13.0 Å². The topological polar surface area (TPSA) is 76.5 Å². The molecule has 1 aromatic rings. The molecule has 17 heavy (non-hydrogen) atoms. The van der Waals surface area contributed by atoms with Gasteiger partial charge in [-0.25, -0.2) is 8.42 Å². The van der Waals surface area contributed by atoms with E-state index in [4.69, 9.17) is 10.2 Å². The van der Waals surface area contributed by atoms with Gasteiger partial charge < -0.3 is 10.2 Å². The summed E-state index contributed by atoms with van der Waals surface area (Å²) < 4.78 is 30.9. The van der Waals surface area contributed by atoms with Gasteiger partial charge in [-0.05, 0) is 18.6 Å². The minimum absolute atomic E-state index is 0.0618. The third kappa shape index (κ3) is 3.18. The van der Waals surface area contributed by atoms with Gasteiger partial charge in [0.1, 0.15) is 5.76 Å². The van der Waals surface area contributed by atoms with Crippen LogP contribution >= 0.6 is 0 Å². The Bertz CT molecular complexity index is 465. The summed E-state index contributed by atoms with van der Waals surface area (Å²) in [5.41, 5.74) is 5.38. The van der Waals surface area contributed by atoms with Gasteiger partial charge in [0.15, 0.2) is 0 Å². The molecule has 96 valence electrons. The summed E-state index contributed by atoms with van der Waals surface area (Å²) in [6.07, 6.45) is 2.29. The Morgan fingerprint density at radius 1 is 1.53 bits per heavy atom. The van der Waals surface area contributed by atoms with E-state index in [2.05, 4.69) is 6.58 Å². The number of hydrogen-bond acceptors (Lipinski definition) is 4. The molecule has 0 spiro atoms. The normalized spacial score (nSPS) is 11.9. The van der Waals surface area contributed by atoms with Crippen LogP contribution in [0.3, 0.4) is 0 Å². The summed E-state index contributed by atoms with van der Waals surface area (Å²) in [5.74, 6) is 0.457. The van der Waals surface area contributed by atoms with Crippen LogP contribution in [0.25, 0.3) is 0 Å². The van der Waals surface area contributed by atoms with E-state index in [0.717, 1.165) is 6.42 Å². The summed E-state index contributed by atoms with van der Waals surface area (Å²) in [4.78, 5) is 0. The smallest absolute Gasteiger partial charge is 0.276 e. The molecule has 0 radical (unpaired) electrons. The number of nitrogens with two attached hydrogens (primary N) is 1. The first-order valence-electron chi connectivity index (χ1n) is 5.46. The van der Waals surface area contributed by atoms with Gasteiger partial charge in [0, 0.05) is 13.1 Å². The Labute approximate surface area is 102 Å². The minimum atomic E-state index is -3.57. The first-order chi connectivity index (χ1) is 8.06. The number of hydrogen-bond donors (Lipinski definition) is 1. The van der Waals surface area contributed by atoms with Crippen molar-refractivity contribution < 1.29 is 12.8 Å². The second-order valence-corrected chi connectivity index (χ2v) is 5.45. The highest BCUT2D eigenvalue weighted by Gasteiger charge is 2.25. The molecule has 0 saturated carbocycles. The van der Waals surface area contributed by atoms with Crippen LogP contribution in [-0.2, 0) is 16.6 Å². The van der Waals surface area contributed by atoms with Crippen molar-refractivity contribution in [1.29, 1.82) is 0 Å². The standard InChI is InChI=1S/C11H18N2O3S/c1-3-7-13(8-4-2)17(14,15)11-6-5-10(9-12)16-11/h3,5-6H,1,4,7-9,12H2,2H3. The van der Waals surface area contributed by atoms with Gasteiger partial charge >= 0.3 is 0 Å². The molecule has 1 rings (SSSR count). The summed E-state index contributed by atoms with van der Waals surface area (Å²) in [5, 5.41) is -0.0618. The molecule has 0 unspecified atom stereocenters. The van der Waals surface area contributed by atoms with Crippen LogP contribution in [0.4, 0.5) is 0 Å². The Balaban J connectivity index is 3.02. The Morgan fingerprint density at radius 2 is 2.24 bits per heavy atom. The van der Waals surface area contributed by atoms with Gasteiger partial charge in [-0.2, -0.15) is 4.31 Å². The molecule has 0 aliphatic carbocycles. The molecule has 6 heteroatoms. The molecule has 0 fully saturated rings. The SMILES string of the molecule is C=CCN(CCC)S(=O)(=O)c1ccc(CN)o1. The van der Waals surface area contributed by atoms with Crippen molar-refractivity contribution in [2.24, 2.45) is 5.73 Å². The number of nitrogens with zero attached hydrogens (tertiary/aromatic N) is 1. The summed E-state index contributed by atoms with van der Waals surface area (Å²) in [6.45, 7) is 6.37. The van der Waals surface area contributed by atoms with Gasteiger partial charge in [-0.15, -0.1) is 6.58 Å². The van der Waals surface area contributed by atoms with Gasteiger partial charge in [0.05, 0.1) is 6.54 Å². The fraction of sp³-hybridized carbons (Fsp3) is 0.455. The van der Waals surface area contributed by atoms with Crippen molar-refractivity contribution in [2.45, 2.75) is 25.0 Å². The Hall–Kier alpha value is -1.11. The van der Waals surface area contributed by atoms with E-state index in [9.17, 15) is 8.42 Å². The summed E-state index contributed by atoms with van der Waals surface area (Å²) in [6, 6.07) is 3.01. The lowest BCUT2D eigenvalue weighted by atomic mass is 10.5. The van der Waals surface area contributed by atoms with E-state index in [1.54, 1.807) is 12.1 Å². The van der Waals surface area contributed by atoms with Crippen LogP contribution in [0.1, 0.15) is 19.1 Å². The highest BCUT2D eigenvalue weighted by atomic mass is 32.2. The van der Waals surface area contributed by atoms with E-state index in [-0.39, 0.29) is 18.2 Å². The lowest BCUT2D eigenvalue weighted by Gasteiger charge is -2.18. The fourth-order valence-electron chi connectivity index (χ4n) is 1.44. The maximum atomic E-state index is 12.2. The van der Waals surface area contributed by atoms with E-state index < -0.39 is 10.0 Å². The highest BCUT2D eigenvalue weighted by Crippen LogP contribution is 2.18. The van der Waals surface area contributed by atoms with E-state index in [0.29, 0.717) is 12.3 Å². The second-order valence-electron chi connectivity index (χ2n) is 3.58. The van der Waals surface area contributed by atoms with Crippen LogP contribution in [0, 0.1) is 0 Å². The minimum Gasteiger partial charge on any atom is -0.447 e. The molecular formula is C11H18N2O3S. The lowest BCUT2D eigenvalue weighted by molar-refractivity contribution is 0.380. The van der Waals surface area contributed by atoms with Crippen molar-refractivity contribution in [3.8, 4) is 0 Å². The van der Waals surface area contributed by atoms with Crippen molar-refractivity contribution in [2.75, 3.05) is 13.1 Å². The van der Waals surface area contributed by atoms with Crippen LogP contribution in [0.2, 0.25) is 0 Å². The van der Waals surface area contributed by atoms with Crippen LogP contribution in [0.15, 0.2) is 34.3 Å². The average Bonchev–Trinajstić information content (AvgIpc) is 2.78. The first kappa shape index (κ1) is 14.0. The van der Waals surface area contributed by atoms with Gasteiger partial charge in [0.2, 0.25) is 5.09 Å². The van der Waals surface area contributed by atoms with Crippen molar-refractivity contribution in [1.82, 2.24) is 4.31 Å². The maximum absolute atomic E-state index is 12.2. The van der Waals surface area contributed by atoms with E-state index in [1.165, 1.54) is 10.4 Å². The molecule has 2 N–H and O–H groups in total. The zero-order chi connectivity index (χ0) is 12.9. The highest BCUT2D eigenvalue weighted by molar-refractivity contribution is 7.89.